The van der Waals surface area contributed by atoms with Gasteiger partial charge in [0.05, 0.1) is 13.1 Å². The number of aromatic nitrogens is 2. The molecule has 0 fully saturated rings. The number of likely N-dealkylation sites (N-methyl/N-ethyl adjacent to an activating group) is 1. The lowest BCUT2D eigenvalue weighted by molar-refractivity contribution is 0.277. The first kappa shape index (κ1) is 11.7. The summed E-state index contributed by atoms with van der Waals surface area (Å²) in [5.74, 6) is 2.51. The molecule has 5 heteroatoms. The highest BCUT2D eigenvalue weighted by Crippen LogP contribution is 2.08. The second-order valence-corrected chi connectivity index (χ2v) is 4.25. The number of hydrogen-bond donors (Lipinski definition) is 1. The van der Waals surface area contributed by atoms with Crippen LogP contribution in [0.4, 0.5) is 5.82 Å². The lowest BCUT2D eigenvalue weighted by atomic mass is 10.4. The van der Waals surface area contributed by atoms with Crippen molar-refractivity contribution in [2.75, 3.05) is 19.3 Å². The second-order valence-electron chi connectivity index (χ2n) is 4.25. The van der Waals surface area contributed by atoms with Crippen LogP contribution in [-0.2, 0) is 13.1 Å². The summed E-state index contributed by atoms with van der Waals surface area (Å²) in [6.07, 6.45) is 1.89. The zero-order valence-electron chi connectivity index (χ0n) is 10.3. The molecule has 2 aromatic rings. The second kappa shape index (κ2) is 5.05. The van der Waals surface area contributed by atoms with Gasteiger partial charge in [-0.05, 0) is 32.2 Å². The Morgan fingerprint density at radius 2 is 2.24 bits per heavy atom. The van der Waals surface area contributed by atoms with E-state index in [0.29, 0.717) is 5.82 Å². The molecular weight excluding hydrogens is 216 g/mol. The molecule has 0 aliphatic heterocycles. The number of nitrogen functional groups attached to an aromatic ring is 1. The number of furan rings is 1. The lowest BCUT2D eigenvalue weighted by Gasteiger charge is -2.14. The fraction of sp³-hybridized carbons (Fsp3) is 0.417. The Labute approximate surface area is 101 Å². The quantitative estimate of drug-likeness (QED) is 0.851. The van der Waals surface area contributed by atoms with Crippen molar-refractivity contribution >= 4 is 5.82 Å². The van der Waals surface area contributed by atoms with Crippen molar-refractivity contribution in [3.63, 3.8) is 0 Å². The number of nitrogens with zero attached hydrogens (tertiary/aromatic N) is 3. The van der Waals surface area contributed by atoms with Crippen molar-refractivity contribution in [3.05, 3.63) is 35.9 Å². The molecule has 17 heavy (non-hydrogen) atoms. The smallest absolute Gasteiger partial charge is 0.145 e. The standard InChI is InChI=1S/C12H18N4O/c1-10-3-4-11(17-10)9-15(2)7-8-16-6-5-12(13)14-16/h3-6H,7-9H2,1-2H3,(H2,13,14). The molecule has 0 saturated heterocycles. The summed E-state index contributed by atoms with van der Waals surface area (Å²) in [6.45, 7) is 4.49. The third-order valence-corrected chi connectivity index (χ3v) is 2.59. The third-order valence-electron chi connectivity index (χ3n) is 2.59. The molecule has 0 radical (unpaired) electrons. The molecule has 0 amide bonds. The van der Waals surface area contributed by atoms with Crippen molar-refractivity contribution in [1.82, 2.24) is 14.7 Å². The number of aryl methyl sites for hydroxylation is 1. The largest absolute Gasteiger partial charge is 0.465 e. The molecular formula is C12H18N4O. The van der Waals surface area contributed by atoms with Crippen LogP contribution in [-0.4, -0.2) is 28.3 Å². The Morgan fingerprint density at radius 1 is 1.41 bits per heavy atom. The zero-order valence-corrected chi connectivity index (χ0v) is 10.3. The summed E-state index contributed by atoms with van der Waals surface area (Å²) in [4.78, 5) is 2.19. The first-order valence-corrected chi connectivity index (χ1v) is 5.66. The van der Waals surface area contributed by atoms with Crippen LogP contribution in [0.1, 0.15) is 11.5 Å². The maximum Gasteiger partial charge on any atom is 0.145 e. The van der Waals surface area contributed by atoms with E-state index < -0.39 is 0 Å². The Balaban J connectivity index is 1.79. The minimum Gasteiger partial charge on any atom is -0.465 e. The van der Waals surface area contributed by atoms with Crippen LogP contribution in [0, 0.1) is 6.92 Å². The van der Waals surface area contributed by atoms with E-state index in [1.165, 1.54) is 0 Å². The summed E-state index contributed by atoms with van der Waals surface area (Å²) in [5, 5.41) is 4.14. The highest BCUT2D eigenvalue weighted by atomic mass is 16.3. The van der Waals surface area contributed by atoms with Gasteiger partial charge in [-0.1, -0.05) is 0 Å². The summed E-state index contributed by atoms with van der Waals surface area (Å²) < 4.78 is 7.37. The predicted octanol–water partition coefficient (Wildman–Crippen LogP) is 1.50. The molecule has 0 unspecified atom stereocenters. The maximum absolute atomic E-state index is 5.55. The van der Waals surface area contributed by atoms with Crippen LogP contribution in [0.5, 0.6) is 0 Å². The van der Waals surface area contributed by atoms with Gasteiger partial charge in [-0.2, -0.15) is 5.10 Å². The van der Waals surface area contributed by atoms with Crippen molar-refractivity contribution in [1.29, 1.82) is 0 Å². The summed E-state index contributed by atoms with van der Waals surface area (Å²) in [6, 6.07) is 5.80. The van der Waals surface area contributed by atoms with E-state index in [4.69, 9.17) is 10.2 Å². The zero-order chi connectivity index (χ0) is 12.3. The van der Waals surface area contributed by atoms with Crippen LogP contribution >= 0.6 is 0 Å². The molecule has 0 aliphatic carbocycles. The Hall–Kier alpha value is -1.75. The van der Waals surface area contributed by atoms with E-state index >= 15 is 0 Å². The number of hydrogen-bond acceptors (Lipinski definition) is 4. The van der Waals surface area contributed by atoms with E-state index in [9.17, 15) is 0 Å². The molecule has 5 nitrogen and oxygen atoms in total. The molecule has 0 atom stereocenters. The van der Waals surface area contributed by atoms with Gasteiger partial charge in [-0.15, -0.1) is 0 Å². The van der Waals surface area contributed by atoms with Crippen LogP contribution < -0.4 is 5.73 Å². The summed E-state index contributed by atoms with van der Waals surface area (Å²) in [7, 11) is 2.06. The molecule has 2 aromatic heterocycles. The molecule has 92 valence electrons. The number of anilines is 1. The van der Waals surface area contributed by atoms with Gasteiger partial charge in [0.15, 0.2) is 0 Å². The molecule has 2 N–H and O–H groups in total. The monoisotopic (exact) mass is 234 g/mol. The maximum atomic E-state index is 5.55. The summed E-state index contributed by atoms with van der Waals surface area (Å²) in [5.41, 5.74) is 5.55. The van der Waals surface area contributed by atoms with Gasteiger partial charge in [0.2, 0.25) is 0 Å². The van der Waals surface area contributed by atoms with Crippen LogP contribution in [0.2, 0.25) is 0 Å². The molecule has 2 heterocycles. The number of rotatable bonds is 5. The van der Waals surface area contributed by atoms with E-state index in [-0.39, 0.29) is 0 Å². The lowest BCUT2D eigenvalue weighted by Crippen LogP contribution is -2.22. The van der Waals surface area contributed by atoms with Gasteiger partial charge in [-0.3, -0.25) is 9.58 Å². The normalized spacial score (nSPS) is 11.2. The van der Waals surface area contributed by atoms with Crippen LogP contribution in [0.3, 0.4) is 0 Å². The predicted molar refractivity (Wildman–Crippen MR) is 66.4 cm³/mol. The van der Waals surface area contributed by atoms with E-state index in [2.05, 4.69) is 17.0 Å². The van der Waals surface area contributed by atoms with Crippen molar-refractivity contribution in [2.24, 2.45) is 0 Å². The SMILES string of the molecule is Cc1ccc(CN(C)CCn2ccc(N)n2)o1. The van der Waals surface area contributed by atoms with Crippen molar-refractivity contribution in [2.45, 2.75) is 20.0 Å². The average Bonchev–Trinajstić information content (AvgIpc) is 2.85. The number of nitrogens with two attached hydrogens (primary N) is 1. The topological polar surface area (TPSA) is 60.2 Å². The van der Waals surface area contributed by atoms with Crippen LogP contribution in [0.25, 0.3) is 0 Å². The van der Waals surface area contributed by atoms with E-state index in [1.54, 1.807) is 6.07 Å². The highest BCUT2D eigenvalue weighted by molar-refractivity contribution is 5.23. The van der Waals surface area contributed by atoms with E-state index in [0.717, 1.165) is 31.2 Å². The Bertz CT molecular complexity index is 474. The van der Waals surface area contributed by atoms with Crippen LogP contribution in [0.15, 0.2) is 28.8 Å². The van der Waals surface area contributed by atoms with Crippen molar-refractivity contribution < 1.29 is 4.42 Å². The van der Waals surface area contributed by atoms with Crippen molar-refractivity contribution in [3.8, 4) is 0 Å². The Kier molecular flexibility index (Phi) is 3.49. The summed E-state index contributed by atoms with van der Waals surface area (Å²) >= 11 is 0. The average molecular weight is 234 g/mol. The van der Waals surface area contributed by atoms with E-state index in [1.807, 2.05) is 29.9 Å². The van der Waals surface area contributed by atoms with Gasteiger partial charge in [0.25, 0.3) is 0 Å². The molecule has 0 saturated carbocycles. The minimum atomic E-state index is 0.564. The van der Waals surface area contributed by atoms with Gasteiger partial charge in [0, 0.05) is 12.7 Å². The Morgan fingerprint density at radius 3 is 2.82 bits per heavy atom. The fourth-order valence-corrected chi connectivity index (χ4v) is 1.69. The molecule has 0 spiro atoms. The van der Waals surface area contributed by atoms with Gasteiger partial charge >= 0.3 is 0 Å². The van der Waals surface area contributed by atoms with Gasteiger partial charge in [0.1, 0.15) is 17.3 Å². The first-order valence-electron chi connectivity index (χ1n) is 5.66. The first-order chi connectivity index (χ1) is 8.13. The molecule has 0 aromatic carbocycles. The third kappa shape index (κ3) is 3.35. The highest BCUT2D eigenvalue weighted by Gasteiger charge is 2.04. The fourth-order valence-electron chi connectivity index (χ4n) is 1.69. The van der Waals surface area contributed by atoms with Gasteiger partial charge in [-0.25, -0.2) is 0 Å². The van der Waals surface area contributed by atoms with Gasteiger partial charge < -0.3 is 10.2 Å². The molecule has 0 bridgehead atoms. The minimum absolute atomic E-state index is 0.564. The molecule has 2 rings (SSSR count). The molecule has 0 aliphatic rings.